The Morgan fingerprint density at radius 2 is 1.94 bits per heavy atom. The smallest absolute Gasteiger partial charge is 0.431 e. The number of aromatic nitrogens is 1. The SMILES string of the molecule is O=C(O)Cn1c(C(F)(F)F)cc2ccccc21. The lowest BCUT2D eigenvalue weighted by molar-refractivity contribution is -0.145. The first-order chi connectivity index (χ1) is 7.89. The molecule has 1 aromatic carbocycles. The van der Waals surface area contributed by atoms with Gasteiger partial charge in [0.1, 0.15) is 12.2 Å². The first-order valence-electron chi connectivity index (χ1n) is 4.77. The summed E-state index contributed by atoms with van der Waals surface area (Å²) in [6, 6.07) is 7.11. The van der Waals surface area contributed by atoms with Gasteiger partial charge in [0, 0.05) is 10.9 Å². The lowest BCUT2D eigenvalue weighted by Gasteiger charge is -2.10. The number of hydrogen-bond acceptors (Lipinski definition) is 1. The van der Waals surface area contributed by atoms with Crippen molar-refractivity contribution in [2.75, 3.05) is 0 Å². The van der Waals surface area contributed by atoms with Crippen LogP contribution in [0.4, 0.5) is 13.2 Å². The summed E-state index contributed by atoms with van der Waals surface area (Å²) in [5.41, 5.74) is -0.677. The summed E-state index contributed by atoms with van der Waals surface area (Å²) < 4.78 is 38.9. The molecule has 0 unspecified atom stereocenters. The number of rotatable bonds is 2. The molecule has 3 nitrogen and oxygen atoms in total. The molecule has 2 rings (SSSR count). The highest BCUT2D eigenvalue weighted by atomic mass is 19.4. The van der Waals surface area contributed by atoms with Gasteiger partial charge in [0.15, 0.2) is 0 Å². The Bertz CT molecular complexity index is 572. The second-order valence-electron chi connectivity index (χ2n) is 3.57. The zero-order valence-corrected chi connectivity index (χ0v) is 8.53. The molecule has 1 aromatic heterocycles. The van der Waals surface area contributed by atoms with Crippen molar-refractivity contribution in [3.63, 3.8) is 0 Å². The van der Waals surface area contributed by atoms with Crippen LogP contribution in [0.1, 0.15) is 5.69 Å². The number of carboxylic acids is 1. The third-order valence-corrected chi connectivity index (χ3v) is 2.39. The molecular weight excluding hydrogens is 235 g/mol. The molecule has 0 amide bonds. The minimum atomic E-state index is -4.56. The monoisotopic (exact) mass is 243 g/mol. The molecule has 0 saturated heterocycles. The summed E-state index contributed by atoms with van der Waals surface area (Å²) in [7, 11) is 0. The van der Waals surface area contributed by atoms with Crippen LogP contribution in [0.25, 0.3) is 10.9 Å². The van der Waals surface area contributed by atoms with Crippen molar-refractivity contribution in [3.05, 3.63) is 36.0 Å². The molecule has 0 aliphatic carbocycles. The number of fused-ring (bicyclic) bond motifs is 1. The summed E-state index contributed by atoms with van der Waals surface area (Å²) in [5, 5.41) is 9.02. The number of nitrogens with zero attached hydrogens (tertiary/aromatic N) is 1. The largest absolute Gasteiger partial charge is 0.480 e. The maximum Gasteiger partial charge on any atom is 0.431 e. The van der Waals surface area contributed by atoms with Crippen molar-refractivity contribution in [1.29, 1.82) is 0 Å². The average Bonchev–Trinajstić information content (AvgIpc) is 2.56. The first kappa shape index (κ1) is 11.5. The molecule has 17 heavy (non-hydrogen) atoms. The molecule has 0 fully saturated rings. The van der Waals surface area contributed by atoms with Crippen LogP contribution in [0.15, 0.2) is 30.3 Å². The van der Waals surface area contributed by atoms with E-state index in [1.807, 2.05) is 0 Å². The Labute approximate surface area is 94.1 Å². The summed E-state index contributed by atoms with van der Waals surface area (Å²) in [5.74, 6) is -1.31. The topological polar surface area (TPSA) is 42.2 Å². The zero-order valence-electron chi connectivity index (χ0n) is 8.53. The lowest BCUT2D eigenvalue weighted by Crippen LogP contribution is -2.17. The van der Waals surface area contributed by atoms with Crippen LogP contribution in [0.2, 0.25) is 0 Å². The number of alkyl halides is 3. The van der Waals surface area contributed by atoms with Crippen molar-refractivity contribution >= 4 is 16.9 Å². The third-order valence-electron chi connectivity index (χ3n) is 2.39. The quantitative estimate of drug-likeness (QED) is 0.881. The maximum absolute atomic E-state index is 12.7. The Morgan fingerprint density at radius 3 is 2.53 bits per heavy atom. The second kappa shape index (κ2) is 3.80. The van der Waals surface area contributed by atoms with Crippen LogP contribution in [-0.4, -0.2) is 15.6 Å². The molecule has 0 spiro atoms. The van der Waals surface area contributed by atoms with Gasteiger partial charge >= 0.3 is 12.1 Å². The van der Waals surface area contributed by atoms with Gasteiger partial charge in [0.2, 0.25) is 0 Å². The number of carbonyl (C=O) groups is 1. The zero-order chi connectivity index (χ0) is 12.6. The molecule has 0 saturated carbocycles. The predicted molar refractivity (Wildman–Crippen MR) is 54.6 cm³/mol. The van der Waals surface area contributed by atoms with E-state index < -0.39 is 24.4 Å². The highest BCUT2D eigenvalue weighted by Gasteiger charge is 2.35. The standard InChI is InChI=1S/C11H8F3NO2/c12-11(13,14)9-5-7-3-1-2-4-8(7)15(9)6-10(16)17/h1-5H,6H2,(H,16,17). The predicted octanol–water partition coefficient (Wildman–Crippen LogP) is 2.74. The number of halogens is 3. The van der Waals surface area contributed by atoms with Crippen LogP contribution < -0.4 is 0 Å². The molecular formula is C11H8F3NO2. The van der Waals surface area contributed by atoms with Gasteiger partial charge in [-0.1, -0.05) is 18.2 Å². The van der Waals surface area contributed by atoms with Gasteiger partial charge in [-0.05, 0) is 12.1 Å². The normalized spacial score (nSPS) is 11.9. The van der Waals surface area contributed by atoms with Gasteiger partial charge < -0.3 is 9.67 Å². The highest BCUT2D eigenvalue weighted by molar-refractivity contribution is 5.83. The molecule has 1 heterocycles. The summed E-state index contributed by atoms with van der Waals surface area (Å²) in [6.45, 7) is -0.706. The fourth-order valence-electron chi connectivity index (χ4n) is 1.75. The average molecular weight is 243 g/mol. The second-order valence-corrected chi connectivity index (χ2v) is 3.57. The van der Waals surface area contributed by atoms with Crippen LogP contribution in [-0.2, 0) is 17.5 Å². The molecule has 0 aliphatic rings. The van der Waals surface area contributed by atoms with Gasteiger partial charge in [-0.15, -0.1) is 0 Å². The van der Waals surface area contributed by atoms with E-state index in [2.05, 4.69) is 0 Å². The van der Waals surface area contributed by atoms with Crippen molar-refractivity contribution in [2.24, 2.45) is 0 Å². The molecule has 1 N–H and O–H groups in total. The van der Waals surface area contributed by atoms with E-state index in [4.69, 9.17) is 5.11 Å². The van der Waals surface area contributed by atoms with Gasteiger partial charge in [-0.3, -0.25) is 4.79 Å². The first-order valence-corrected chi connectivity index (χ1v) is 4.77. The molecule has 0 aliphatic heterocycles. The molecule has 6 heteroatoms. The van der Waals surface area contributed by atoms with Crippen molar-refractivity contribution in [2.45, 2.75) is 12.7 Å². The Hall–Kier alpha value is -1.98. The van der Waals surface area contributed by atoms with Gasteiger partial charge in [0.05, 0.1) is 0 Å². The lowest BCUT2D eigenvalue weighted by atomic mass is 10.2. The van der Waals surface area contributed by atoms with Crippen molar-refractivity contribution in [3.8, 4) is 0 Å². The van der Waals surface area contributed by atoms with Crippen LogP contribution in [0, 0.1) is 0 Å². The summed E-state index contributed by atoms with van der Waals surface area (Å²) in [4.78, 5) is 10.6. The molecule has 2 aromatic rings. The fraction of sp³-hybridized carbons (Fsp3) is 0.182. The Kier molecular flexibility index (Phi) is 2.57. The fourth-order valence-corrected chi connectivity index (χ4v) is 1.75. The number of hydrogen-bond donors (Lipinski definition) is 1. The Morgan fingerprint density at radius 1 is 1.29 bits per heavy atom. The van der Waals surface area contributed by atoms with E-state index in [1.54, 1.807) is 12.1 Å². The van der Waals surface area contributed by atoms with E-state index in [0.717, 1.165) is 10.6 Å². The van der Waals surface area contributed by atoms with E-state index in [0.29, 0.717) is 5.39 Å². The van der Waals surface area contributed by atoms with Gasteiger partial charge in [-0.25, -0.2) is 0 Å². The minimum absolute atomic E-state index is 0.266. The number of aliphatic carboxylic acids is 1. The van der Waals surface area contributed by atoms with Gasteiger partial charge in [-0.2, -0.15) is 13.2 Å². The van der Waals surface area contributed by atoms with Crippen molar-refractivity contribution in [1.82, 2.24) is 4.57 Å². The van der Waals surface area contributed by atoms with Gasteiger partial charge in [0.25, 0.3) is 0 Å². The number of carboxylic acid groups (broad SMARTS) is 1. The number of benzene rings is 1. The van der Waals surface area contributed by atoms with Crippen LogP contribution in [0.3, 0.4) is 0 Å². The van der Waals surface area contributed by atoms with E-state index in [1.165, 1.54) is 12.1 Å². The van der Waals surface area contributed by atoms with Crippen LogP contribution in [0.5, 0.6) is 0 Å². The molecule has 0 radical (unpaired) electrons. The summed E-state index contributed by atoms with van der Waals surface area (Å²) >= 11 is 0. The molecule has 0 bridgehead atoms. The van der Waals surface area contributed by atoms with Crippen molar-refractivity contribution < 1.29 is 23.1 Å². The van der Waals surface area contributed by atoms with Crippen LogP contribution >= 0.6 is 0 Å². The third kappa shape index (κ3) is 2.11. The highest BCUT2D eigenvalue weighted by Crippen LogP contribution is 2.33. The van der Waals surface area contributed by atoms with E-state index >= 15 is 0 Å². The van der Waals surface area contributed by atoms with E-state index in [-0.39, 0.29) is 5.52 Å². The molecule has 0 atom stereocenters. The maximum atomic E-state index is 12.7. The molecule has 90 valence electrons. The summed E-state index contributed by atoms with van der Waals surface area (Å²) in [6.07, 6.45) is -4.56. The number of para-hydroxylation sites is 1. The van der Waals surface area contributed by atoms with E-state index in [9.17, 15) is 18.0 Å². The minimum Gasteiger partial charge on any atom is -0.480 e. The Balaban J connectivity index is 2.69.